The number of ether oxygens (including phenoxy) is 1. The van der Waals surface area contributed by atoms with Gasteiger partial charge in [-0.1, -0.05) is 51.4 Å². The van der Waals surface area contributed by atoms with Crippen molar-refractivity contribution in [3.05, 3.63) is 81.1 Å². The topological polar surface area (TPSA) is 87.7 Å². The zero-order valence-electron chi connectivity index (χ0n) is 21.9. The molecule has 12 heteroatoms. The van der Waals surface area contributed by atoms with Gasteiger partial charge in [0, 0.05) is 6.07 Å². The van der Waals surface area contributed by atoms with E-state index in [-0.39, 0.29) is 16.6 Å². The van der Waals surface area contributed by atoms with E-state index in [1.807, 2.05) is 31.3 Å². The number of hydrogen-bond donors (Lipinski definition) is 3. The highest BCUT2D eigenvalue weighted by molar-refractivity contribution is 6.34. The number of benzene rings is 3. The number of hydrogen-bond acceptors (Lipinski definition) is 4. The van der Waals surface area contributed by atoms with Crippen LogP contribution in [0.3, 0.4) is 0 Å². The fourth-order valence-electron chi connectivity index (χ4n) is 3.82. The van der Waals surface area contributed by atoms with Gasteiger partial charge in [0.15, 0.2) is 29.4 Å². The van der Waals surface area contributed by atoms with Crippen LogP contribution in [0, 0.1) is 35.0 Å². The lowest BCUT2D eigenvalue weighted by atomic mass is 10.0. The van der Waals surface area contributed by atoms with Crippen LogP contribution < -0.4 is 15.4 Å². The van der Waals surface area contributed by atoms with Crippen LogP contribution in [0.1, 0.15) is 49.2 Å². The summed E-state index contributed by atoms with van der Waals surface area (Å²) in [5.74, 6) is -14.5. The van der Waals surface area contributed by atoms with Crippen LogP contribution in [0.5, 0.6) is 11.5 Å². The zero-order valence-corrected chi connectivity index (χ0v) is 22.7. The molecule has 3 aromatic rings. The van der Waals surface area contributed by atoms with Gasteiger partial charge in [-0.2, -0.15) is 0 Å². The van der Waals surface area contributed by atoms with Crippen molar-refractivity contribution < 1.29 is 41.4 Å². The SMILES string of the molecule is CCc1ccc(OC(C(=O)Nc2cc(O)c(NC(=O)c3c(F)c(F)c(F)c(F)c3F)cc2Cl)C(C)C)c(CC)c1. The van der Waals surface area contributed by atoms with E-state index in [9.17, 15) is 36.6 Å². The molecule has 0 radical (unpaired) electrons. The molecule has 0 fully saturated rings. The summed E-state index contributed by atoms with van der Waals surface area (Å²) in [4.78, 5) is 25.5. The number of aromatic hydroxyl groups is 1. The van der Waals surface area contributed by atoms with Crippen LogP contribution in [0.2, 0.25) is 5.02 Å². The summed E-state index contributed by atoms with van der Waals surface area (Å²) in [5.41, 5.74) is -0.326. The Morgan fingerprint density at radius 2 is 1.48 bits per heavy atom. The lowest BCUT2D eigenvalue weighted by molar-refractivity contribution is -0.124. The zero-order chi connectivity index (χ0) is 29.9. The molecule has 3 rings (SSSR count). The summed E-state index contributed by atoms with van der Waals surface area (Å²) in [6.07, 6.45) is 0.541. The second kappa shape index (κ2) is 12.5. The van der Waals surface area contributed by atoms with E-state index < -0.39 is 64.0 Å². The highest BCUT2D eigenvalue weighted by atomic mass is 35.5. The van der Waals surface area contributed by atoms with Crippen molar-refractivity contribution in [3.8, 4) is 11.5 Å². The average Bonchev–Trinajstić information content (AvgIpc) is 2.91. The number of amides is 2. The van der Waals surface area contributed by atoms with Gasteiger partial charge in [0.2, 0.25) is 5.82 Å². The molecule has 1 unspecified atom stereocenters. The summed E-state index contributed by atoms with van der Waals surface area (Å²) < 4.78 is 74.3. The van der Waals surface area contributed by atoms with E-state index >= 15 is 0 Å². The average molecular weight is 585 g/mol. The minimum atomic E-state index is -2.43. The molecular weight excluding hydrogens is 559 g/mol. The molecule has 0 aliphatic heterocycles. The highest BCUT2D eigenvalue weighted by Gasteiger charge is 2.31. The fraction of sp³-hybridized carbons (Fsp3) is 0.286. The largest absolute Gasteiger partial charge is 0.506 e. The van der Waals surface area contributed by atoms with Gasteiger partial charge in [-0.25, -0.2) is 22.0 Å². The molecule has 3 aromatic carbocycles. The Hall–Kier alpha value is -3.86. The van der Waals surface area contributed by atoms with Gasteiger partial charge in [0.05, 0.1) is 16.4 Å². The number of rotatable bonds is 9. The number of phenols is 1. The van der Waals surface area contributed by atoms with Crippen LogP contribution in [-0.4, -0.2) is 23.0 Å². The quantitative estimate of drug-likeness (QED) is 0.108. The molecule has 1 atom stereocenters. The Morgan fingerprint density at radius 3 is 2.02 bits per heavy atom. The van der Waals surface area contributed by atoms with E-state index in [1.165, 1.54) is 0 Å². The van der Waals surface area contributed by atoms with Gasteiger partial charge in [0.25, 0.3) is 11.8 Å². The normalized spacial score (nSPS) is 11.9. The van der Waals surface area contributed by atoms with E-state index in [2.05, 4.69) is 5.32 Å². The molecule has 40 heavy (non-hydrogen) atoms. The first-order valence-corrected chi connectivity index (χ1v) is 12.6. The third-order valence-electron chi connectivity index (χ3n) is 6.06. The Labute approximate surface area is 232 Å². The monoisotopic (exact) mass is 584 g/mol. The number of phenolic OH excluding ortho intramolecular Hbond substituents is 1. The Morgan fingerprint density at radius 1 is 0.875 bits per heavy atom. The van der Waals surface area contributed by atoms with Crippen molar-refractivity contribution in [3.63, 3.8) is 0 Å². The first-order chi connectivity index (χ1) is 18.8. The fourth-order valence-corrected chi connectivity index (χ4v) is 4.03. The first-order valence-electron chi connectivity index (χ1n) is 12.2. The number of carbonyl (C=O) groups is 2. The second-order valence-corrected chi connectivity index (χ2v) is 9.58. The summed E-state index contributed by atoms with van der Waals surface area (Å²) in [6.45, 7) is 7.52. The molecule has 0 saturated carbocycles. The van der Waals surface area contributed by atoms with Crippen LogP contribution in [-0.2, 0) is 17.6 Å². The molecule has 0 bridgehead atoms. The van der Waals surface area contributed by atoms with Crippen molar-refractivity contribution in [1.29, 1.82) is 0 Å². The van der Waals surface area contributed by atoms with Crippen molar-refractivity contribution in [2.45, 2.75) is 46.6 Å². The minimum Gasteiger partial charge on any atom is -0.506 e. The number of anilines is 2. The third kappa shape index (κ3) is 6.30. The van der Waals surface area contributed by atoms with Crippen LogP contribution in [0.4, 0.5) is 33.3 Å². The van der Waals surface area contributed by atoms with Crippen LogP contribution >= 0.6 is 11.6 Å². The van der Waals surface area contributed by atoms with E-state index in [0.29, 0.717) is 12.2 Å². The summed E-state index contributed by atoms with van der Waals surface area (Å²) in [7, 11) is 0. The molecule has 0 saturated heterocycles. The van der Waals surface area contributed by atoms with Crippen LogP contribution in [0.25, 0.3) is 0 Å². The van der Waals surface area contributed by atoms with Gasteiger partial charge in [-0.15, -0.1) is 0 Å². The van der Waals surface area contributed by atoms with Gasteiger partial charge in [-0.05, 0) is 42.0 Å². The molecule has 0 aliphatic rings. The van der Waals surface area contributed by atoms with Crippen molar-refractivity contribution in [1.82, 2.24) is 0 Å². The lowest BCUT2D eigenvalue weighted by Crippen LogP contribution is -2.37. The summed E-state index contributed by atoms with van der Waals surface area (Å²) in [6, 6.07) is 7.57. The van der Waals surface area contributed by atoms with E-state index in [0.717, 1.165) is 29.7 Å². The maximum absolute atomic E-state index is 14.0. The predicted octanol–water partition coefficient (Wildman–Crippen LogP) is 7.16. The van der Waals surface area contributed by atoms with Gasteiger partial charge in [-0.3, -0.25) is 9.59 Å². The number of nitrogens with one attached hydrogen (secondary N) is 2. The lowest BCUT2D eigenvalue weighted by Gasteiger charge is -2.24. The number of carbonyl (C=O) groups excluding carboxylic acids is 2. The number of aryl methyl sites for hydroxylation is 2. The molecular formula is C28H26ClF5N2O4. The van der Waals surface area contributed by atoms with Gasteiger partial charge in [0.1, 0.15) is 17.1 Å². The minimum absolute atomic E-state index is 0.0929. The van der Waals surface area contributed by atoms with E-state index in [4.69, 9.17) is 16.3 Å². The molecule has 2 amide bonds. The second-order valence-electron chi connectivity index (χ2n) is 9.17. The molecule has 6 nitrogen and oxygen atoms in total. The first kappa shape index (κ1) is 30.7. The standard InChI is InChI=1S/C28H26ClF5N2O4/c1-5-13-7-8-19(14(6-2)9-13)40-26(12(3)4)28(39)35-16-11-18(37)17(10-15(16)29)36-27(38)20-21(30)23(32)25(34)24(33)22(20)31/h7-12,26,37H,5-6H2,1-4H3,(H,35,39)(H,36,38). The maximum Gasteiger partial charge on any atom is 0.265 e. The van der Waals surface area contributed by atoms with Crippen molar-refractivity contribution in [2.24, 2.45) is 5.92 Å². The highest BCUT2D eigenvalue weighted by Crippen LogP contribution is 2.35. The summed E-state index contributed by atoms with van der Waals surface area (Å²) in [5, 5.41) is 14.5. The molecule has 0 heterocycles. The molecule has 3 N–H and O–H groups in total. The Kier molecular flexibility index (Phi) is 9.62. The van der Waals surface area contributed by atoms with Crippen molar-refractivity contribution in [2.75, 3.05) is 10.6 Å². The maximum atomic E-state index is 14.0. The van der Waals surface area contributed by atoms with E-state index in [1.54, 1.807) is 19.9 Å². The molecule has 0 spiro atoms. The summed E-state index contributed by atoms with van der Waals surface area (Å²) >= 11 is 6.20. The predicted molar refractivity (Wildman–Crippen MR) is 140 cm³/mol. The van der Waals surface area contributed by atoms with Crippen molar-refractivity contribution >= 4 is 34.8 Å². The van der Waals surface area contributed by atoms with Gasteiger partial charge >= 0.3 is 0 Å². The Balaban J connectivity index is 1.84. The molecule has 0 aliphatic carbocycles. The van der Waals surface area contributed by atoms with Crippen LogP contribution in [0.15, 0.2) is 30.3 Å². The van der Waals surface area contributed by atoms with Gasteiger partial charge < -0.3 is 20.5 Å². The number of halogens is 6. The Bertz CT molecular complexity index is 1440. The smallest absolute Gasteiger partial charge is 0.265 e. The molecule has 0 aromatic heterocycles. The third-order valence-corrected chi connectivity index (χ3v) is 6.37. The molecule has 214 valence electrons.